The summed E-state index contributed by atoms with van der Waals surface area (Å²) in [5, 5.41) is 5.09. The van der Waals surface area contributed by atoms with Gasteiger partial charge < -0.3 is 4.74 Å². The minimum absolute atomic E-state index is 0.106. The van der Waals surface area contributed by atoms with E-state index in [1.54, 1.807) is 12.3 Å². The average molecular weight is 451 g/mol. The summed E-state index contributed by atoms with van der Waals surface area (Å²) < 4.78 is 58.4. The number of benzene rings is 2. The van der Waals surface area contributed by atoms with E-state index in [2.05, 4.69) is 15.5 Å². The molecule has 0 atom stereocenters. The molecular formula is C21H17F4N3O2S. The molecule has 0 aliphatic carbocycles. The third-order valence-corrected chi connectivity index (χ3v) is 4.82. The summed E-state index contributed by atoms with van der Waals surface area (Å²) in [4.78, 5) is 16.4. The molecule has 0 aliphatic rings. The van der Waals surface area contributed by atoms with Gasteiger partial charge in [-0.3, -0.25) is 10.2 Å². The number of anilines is 1. The topological polar surface area (TPSA) is 63.6 Å². The molecule has 1 heterocycles. The van der Waals surface area contributed by atoms with Gasteiger partial charge in [0.25, 0.3) is 0 Å². The van der Waals surface area contributed by atoms with Gasteiger partial charge >= 0.3 is 6.18 Å². The summed E-state index contributed by atoms with van der Waals surface area (Å²) in [5.41, 5.74) is 2.18. The van der Waals surface area contributed by atoms with Crippen LogP contribution in [0.1, 0.15) is 23.7 Å². The number of hydrogen-bond donors (Lipinski definition) is 1. The number of ketones is 1. The number of hydrazone groups is 1. The Morgan fingerprint density at radius 3 is 2.42 bits per heavy atom. The van der Waals surface area contributed by atoms with E-state index in [0.717, 1.165) is 11.3 Å². The lowest BCUT2D eigenvalue weighted by molar-refractivity contribution is -0.0602. The van der Waals surface area contributed by atoms with Crippen molar-refractivity contribution in [2.75, 3.05) is 12.0 Å². The van der Waals surface area contributed by atoms with Crippen molar-refractivity contribution in [3.05, 3.63) is 65.3 Å². The minimum atomic E-state index is -4.80. The van der Waals surface area contributed by atoms with E-state index in [4.69, 9.17) is 4.74 Å². The highest BCUT2D eigenvalue weighted by atomic mass is 32.1. The maximum atomic E-state index is 13.4. The Morgan fingerprint density at radius 1 is 1.13 bits per heavy atom. The van der Waals surface area contributed by atoms with Gasteiger partial charge in [0, 0.05) is 16.5 Å². The van der Waals surface area contributed by atoms with Crippen molar-refractivity contribution in [2.45, 2.75) is 19.5 Å². The highest BCUT2D eigenvalue weighted by Gasteiger charge is 2.37. The van der Waals surface area contributed by atoms with Crippen LogP contribution < -0.4 is 10.2 Å². The van der Waals surface area contributed by atoms with Crippen molar-refractivity contribution >= 4 is 28.0 Å². The van der Waals surface area contributed by atoms with Gasteiger partial charge in [0.2, 0.25) is 5.13 Å². The smallest absolute Gasteiger partial charge is 0.431 e. The lowest BCUT2D eigenvalue weighted by atomic mass is 10.1. The number of thiazole rings is 1. The van der Waals surface area contributed by atoms with Gasteiger partial charge in [-0.05, 0) is 55.5 Å². The lowest BCUT2D eigenvalue weighted by Gasteiger charge is -2.10. The fourth-order valence-electron chi connectivity index (χ4n) is 2.55. The molecular weight excluding hydrogens is 434 g/mol. The van der Waals surface area contributed by atoms with Crippen LogP contribution in [0.15, 0.2) is 59.0 Å². The summed E-state index contributed by atoms with van der Waals surface area (Å²) in [6.45, 7) is 2.23. The Balaban J connectivity index is 1.72. The highest BCUT2D eigenvalue weighted by Crippen LogP contribution is 2.26. The lowest BCUT2D eigenvalue weighted by Crippen LogP contribution is -2.27. The predicted octanol–water partition coefficient (Wildman–Crippen LogP) is 5.95. The number of ether oxygens (including phenoxy) is 1. The molecule has 0 spiro atoms. The Bertz CT molecular complexity index is 1060. The SMILES string of the molecule is CCOc1ccc(C(=O)C/C(=N/Nc2nc(-c3ccc(F)cc3)cs2)C(F)(F)F)cc1. The molecule has 0 saturated heterocycles. The van der Waals surface area contributed by atoms with Gasteiger partial charge in [-0.15, -0.1) is 11.3 Å². The van der Waals surface area contributed by atoms with E-state index in [9.17, 15) is 22.4 Å². The zero-order valence-electron chi connectivity index (χ0n) is 16.2. The number of halogens is 4. The van der Waals surface area contributed by atoms with Crippen molar-refractivity contribution in [3.63, 3.8) is 0 Å². The number of carbonyl (C=O) groups is 1. The van der Waals surface area contributed by atoms with Crippen LogP contribution in [0.2, 0.25) is 0 Å². The zero-order chi connectivity index (χ0) is 22.4. The molecule has 0 radical (unpaired) electrons. The normalized spacial score (nSPS) is 12.0. The van der Waals surface area contributed by atoms with Crippen molar-refractivity contribution in [3.8, 4) is 17.0 Å². The standard InChI is InChI=1S/C21H17F4N3O2S/c1-2-30-16-9-5-14(6-10-16)18(29)11-19(21(23,24)25)27-28-20-26-17(12-31-20)13-3-7-15(22)8-4-13/h3-10,12H,2,11H2,1H3,(H,26,28)/b27-19-. The molecule has 162 valence electrons. The first-order valence-corrected chi connectivity index (χ1v) is 10.0. The predicted molar refractivity (Wildman–Crippen MR) is 111 cm³/mol. The first-order chi connectivity index (χ1) is 14.8. The molecule has 1 N–H and O–H groups in total. The second kappa shape index (κ2) is 9.69. The quantitative estimate of drug-likeness (QED) is 0.199. The van der Waals surface area contributed by atoms with Gasteiger partial charge in [-0.1, -0.05) is 0 Å². The number of nitrogens with one attached hydrogen (secondary N) is 1. The Kier molecular flexibility index (Phi) is 7.01. The molecule has 0 fully saturated rings. The summed E-state index contributed by atoms with van der Waals surface area (Å²) in [6, 6.07) is 11.4. The number of nitrogens with zero attached hydrogens (tertiary/aromatic N) is 2. The Morgan fingerprint density at radius 2 is 1.81 bits per heavy atom. The van der Waals surface area contributed by atoms with Crippen LogP contribution in [0, 0.1) is 5.82 Å². The maximum Gasteiger partial charge on any atom is 0.431 e. The molecule has 2 aromatic carbocycles. The summed E-state index contributed by atoms with van der Waals surface area (Å²) in [5.74, 6) is -0.618. The van der Waals surface area contributed by atoms with Gasteiger partial charge in [0.05, 0.1) is 18.7 Å². The number of alkyl halides is 3. The number of carbonyl (C=O) groups excluding carboxylic acids is 1. The first kappa shape index (κ1) is 22.4. The van der Waals surface area contributed by atoms with Crippen molar-refractivity contribution < 1.29 is 27.1 Å². The second-order valence-electron chi connectivity index (χ2n) is 6.27. The monoisotopic (exact) mass is 451 g/mol. The van der Waals surface area contributed by atoms with Crippen LogP contribution in [-0.4, -0.2) is 29.3 Å². The summed E-state index contributed by atoms with van der Waals surface area (Å²) in [7, 11) is 0. The first-order valence-electron chi connectivity index (χ1n) is 9.13. The number of aromatic nitrogens is 1. The van der Waals surface area contributed by atoms with E-state index in [-0.39, 0.29) is 10.7 Å². The molecule has 0 bridgehead atoms. The minimum Gasteiger partial charge on any atom is -0.494 e. The van der Waals surface area contributed by atoms with Crippen LogP contribution in [-0.2, 0) is 0 Å². The third-order valence-electron chi connectivity index (χ3n) is 4.07. The van der Waals surface area contributed by atoms with E-state index >= 15 is 0 Å². The molecule has 31 heavy (non-hydrogen) atoms. The molecule has 0 amide bonds. The molecule has 0 aliphatic heterocycles. The third kappa shape index (κ3) is 6.11. The molecule has 3 rings (SSSR count). The van der Waals surface area contributed by atoms with Gasteiger partial charge in [-0.25, -0.2) is 9.37 Å². The van der Waals surface area contributed by atoms with E-state index in [0.29, 0.717) is 23.6 Å². The number of rotatable bonds is 8. The van der Waals surface area contributed by atoms with Crippen molar-refractivity contribution in [1.82, 2.24) is 4.98 Å². The Hall–Kier alpha value is -3.27. The van der Waals surface area contributed by atoms with Crippen LogP contribution in [0.5, 0.6) is 5.75 Å². The fourth-order valence-corrected chi connectivity index (χ4v) is 3.22. The van der Waals surface area contributed by atoms with Gasteiger partial charge in [-0.2, -0.15) is 18.3 Å². The highest BCUT2D eigenvalue weighted by molar-refractivity contribution is 7.14. The average Bonchev–Trinajstić information content (AvgIpc) is 3.20. The fraction of sp³-hybridized carbons (Fsp3) is 0.190. The Labute approximate surface area is 179 Å². The van der Waals surface area contributed by atoms with Crippen molar-refractivity contribution in [2.24, 2.45) is 5.10 Å². The largest absolute Gasteiger partial charge is 0.494 e. The van der Waals surface area contributed by atoms with Crippen LogP contribution in [0.4, 0.5) is 22.7 Å². The number of hydrogen-bond acceptors (Lipinski definition) is 6. The second-order valence-corrected chi connectivity index (χ2v) is 7.13. The van der Waals surface area contributed by atoms with Gasteiger partial charge in [0.15, 0.2) is 5.78 Å². The summed E-state index contributed by atoms with van der Waals surface area (Å²) in [6.07, 6.45) is -5.73. The van der Waals surface area contributed by atoms with Gasteiger partial charge in [0.1, 0.15) is 17.3 Å². The molecule has 0 saturated carbocycles. The summed E-state index contributed by atoms with van der Waals surface area (Å²) >= 11 is 1.03. The molecule has 5 nitrogen and oxygen atoms in total. The molecule has 1 aromatic heterocycles. The van der Waals surface area contributed by atoms with Crippen LogP contribution in [0.25, 0.3) is 11.3 Å². The van der Waals surface area contributed by atoms with Crippen LogP contribution >= 0.6 is 11.3 Å². The maximum absolute atomic E-state index is 13.4. The molecule has 10 heteroatoms. The van der Waals surface area contributed by atoms with E-state index < -0.39 is 29.9 Å². The van der Waals surface area contributed by atoms with E-state index in [1.807, 2.05) is 0 Å². The van der Waals surface area contributed by atoms with Crippen molar-refractivity contribution in [1.29, 1.82) is 0 Å². The number of Topliss-reactive ketones (excluding diaryl/α,β-unsaturated/α-hetero) is 1. The molecule has 3 aromatic rings. The van der Waals surface area contributed by atoms with Crippen LogP contribution in [0.3, 0.4) is 0 Å². The van der Waals surface area contributed by atoms with E-state index in [1.165, 1.54) is 48.5 Å². The molecule has 0 unspecified atom stereocenters. The zero-order valence-corrected chi connectivity index (χ0v) is 17.1.